The molecule has 2 bridgehead atoms. The van der Waals surface area contributed by atoms with Crippen LogP contribution < -0.4 is 10.1 Å². The van der Waals surface area contributed by atoms with Crippen molar-refractivity contribution in [3.05, 3.63) is 35.4 Å². The number of nitrogens with one attached hydrogen (secondary N) is 1. The van der Waals surface area contributed by atoms with Gasteiger partial charge in [0.25, 0.3) is 0 Å². The largest absolute Gasteiger partial charge is 0.482 e. The van der Waals surface area contributed by atoms with Gasteiger partial charge in [-0.25, -0.2) is 19.2 Å². The number of hydrogen-bond acceptors (Lipinski definition) is 7. The number of likely N-dealkylation sites (N-methyl/N-ethyl adjacent to an activating group) is 1. The summed E-state index contributed by atoms with van der Waals surface area (Å²) in [6, 6.07) is 1.01. The zero-order valence-corrected chi connectivity index (χ0v) is 20.7. The summed E-state index contributed by atoms with van der Waals surface area (Å²) in [4.78, 5) is 24.5. The fraction of sp³-hybridized carbons (Fsp3) is 0.654. The van der Waals surface area contributed by atoms with Crippen molar-refractivity contribution in [1.82, 2.24) is 14.9 Å². The average Bonchev–Trinajstić information content (AvgIpc) is 3.36. The van der Waals surface area contributed by atoms with E-state index in [2.05, 4.69) is 41.3 Å². The molecule has 4 aliphatic rings. The fourth-order valence-electron chi connectivity index (χ4n) is 6.38. The highest BCUT2D eigenvalue weighted by Crippen LogP contribution is 2.60. The van der Waals surface area contributed by atoms with Crippen LogP contribution in [-0.2, 0) is 11.3 Å². The van der Waals surface area contributed by atoms with Crippen molar-refractivity contribution < 1.29 is 19.1 Å². The molecule has 8 nitrogen and oxygen atoms in total. The van der Waals surface area contributed by atoms with E-state index in [9.17, 15) is 9.90 Å². The monoisotopic (exact) mass is 468 g/mol. The second-order valence-electron chi connectivity index (χ2n) is 10.5. The molecule has 8 heteroatoms. The topological polar surface area (TPSA) is 87.6 Å². The van der Waals surface area contributed by atoms with Crippen molar-refractivity contribution >= 4 is 11.7 Å². The molecule has 1 aromatic heterocycles. The van der Waals surface area contributed by atoms with Crippen LogP contribution in [0, 0.1) is 5.92 Å². The molecule has 5 atom stereocenters. The summed E-state index contributed by atoms with van der Waals surface area (Å²) in [7, 11) is 2.09. The molecule has 4 heterocycles. The van der Waals surface area contributed by atoms with Crippen LogP contribution in [0.15, 0.2) is 29.6 Å². The molecular weight excluding hydrogens is 430 g/mol. The number of aliphatic hydroxyl groups is 1. The van der Waals surface area contributed by atoms with Crippen LogP contribution in [0.1, 0.15) is 58.2 Å². The molecule has 34 heavy (non-hydrogen) atoms. The normalized spacial score (nSPS) is 32.4. The average molecular weight is 469 g/mol. The van der Waals surface area contributed by atoms with E-state index in [0.717, 1.165) is 44.3 Å². The Hall–Kier alpha value is -2.45. The predicted octanol–water partition coefficient (Wildman–Crippen LogP) is 3.00. The van der Waals surface area contributed by atoms with Crippen molar-refractivity contribution in [2.45, 2.75) is 77.0 Å². The first-order chi connectivity index (χ1) is 16.4. The smallest absolute Gasteiger partial charge is 0.311 e. The number of aliphatic hydroxyl groups excluding tert-OH is 1. The zero-order chi connectivity index (χ0) is 23.9. The molecule has 2 fully saturated rings. The lowest BCUT2D eigenvalue weighted by molar-refractivity contribution is -0.755. The lowest BCUT2D eigenvalue weighted by Crippen LogP contribution is -2.35. The first kappa shape index (κ1) is 23.3. The van der Waals surface area contributed by atoms with Crippen LogP contribution in [0.5, 0.6) is 5.75 Å². The first-order valence-electron chi connectivity index (χ1n) is 12.8. The molecule has 1 aromatic rings. The van der Waals surface area contributed by atoms with Gasteiger partial charge in [-0.2, -0.15) is 0 Å². The Morgan fingerprint density at radius 2 is 2.24 bits per heavy atom. The van der Waals surface area contributed by atoms with Gasteiger partial charge in [0.2, 0.25) is 0 Å². The molecule has 3 aliphatic heterocycles. The van der Waals surface area contributed by atoms with Crippen LogP contribution >= 0.6 is 0 Å². The molecule has 5 rings (SSSR count). The van der Waals surface area contributed by atoms with Gasteiger partial charge in [0.15, 0.2) is 29.5 Å². The lowest BCUT2D eigenvalue weighted by atomic mass is 9.81. The summed E-state index contributed by atoms with van der Waals surface area (Å²) in [6.45, 7) is 5.92. The second kappa shape index (κ2) is 9.30. The van der Waals surface area contributed by atoms with E-state index in [1.807, 2.05) is 0 Å². The molecule has 2 N–H and O–H groups in total. The minimum absolute atomic E-state index is 0.126. The Bertz CT molecular complexity index is 1010. The molecule has 184 valence electrons. The van der Waals surface area contributed by atoms with E-state index in [-0.39, 0.29) is 18.6 Å². The van der Waals surface area contributed by atoms with Crippen molar-refractivity contribution in [2.75, 3.05) is 32.1 Å². The van der Waals surface area contributed by atoms with Crippen molar-refractivity contribution in [3.63, 3.8) is 0 Å². The second-order valence-corrected chi connectivity index (χ2v) is 10.5. The standard InChI is InChI=1S/C26H38N5O3/c1-17-6-5-10-30(3)21(12-17)16-34-23-14-27-24-15-31(18(2)33)22-13-19(25(22)31)7-4-8-20(9-11-32)28-26(23)29-24/h6,12,14,19-20,22,25,32H,4-5,7-11,13,15-16H2,1-3H3,(H,27,28,29)/q+1/t19?,20-,22?,25?,31?/m0/s1. The molecule has 0 spiro atoms. The fourth-order valence-corrected chi connectivity index (χ4v) is 6.38. The van der Waals surface area contributed by atoms with Crippen molar-refractivity contribution in [1.29, 1.82) is 0 Å². The number of quaternary nitrogens is 1. The number of allylic oxidation sites excluding steroid dienone is 2. The van der Waals surface area contributed by atoms with E-state index in [1.54, 1.807) is 13.1 Å². The number of anilines is 1. The highest BCUT2D eigenvalue weighted by Gasteiger charge is 2.79. The predicted molar refractivity (Wildman–Crippen MR) is 130 cm³/mol. The summed E-state index contributed by atoms with van der Waals surface area (Å²) >= 11 is 0. The van der Waals surface area contributed by atoms with Gasteiger partial charge in [-0.3, -0.25) is 0 Å². The van der Waals surface area contributed by atoms with Gasteiger partial charge in [0.05, 0.1) is 18.8 Å². The third kappa shape index (κ3) is 4.22. The van der Waals surface area contributed by atoms with E-state index in [4.69, 9.17) is 9.72 Å². The Kier molecular flexibility index (Phi) is 6.37. The number of aromatic nitrogens is 2. The zero-order valence-electron chi connectivity index (χ0n) is 20.7. The quantitative estimate of drug-likeness (QED) is 0.507. The van der Waals surface area contributed by atoms with E-state index < -0.39 is 0 Å². The van der Waals surface area contributed by atoms with Crippen LogP contribution in [-0.4, -0.2) is 75.3 Å². The maximum atomic E-state index is 12.7. The van der Waals surface area contributed by atoms with Gasteiger partial charge >= 0.3 is 5.91 Å². The van der Waals surface area contributed by atoms with Gasteiger partial charge in [-0.05, 0) is 38.7 Å². The lowest BCUT2D eigenvalue weighted by Gasteiger charge is -2.25. The molecule has 4 unspecified atom stereocenters. The first-order valence-corrected chi connectivity index (χ1v) is 12.8. The molecule has 1 saturated carbocycles. The number of nitrogens with zero attached hydrogens (tertiary/aromatic N) is 4. The van der Waals surface area contributed by atoms with Gasteiger partial charge in [-0.15, -0.1) is 0 Å². The number of ether oxygens (including phenoxy) is 1. The molecular formula is C26H38N5O3+. The van der Waals surface area contributed by atoms with Crippen LogP contribution in [0.25, 0.3) is 0 Å². The van der Waals surface area contributed by atoms with Gasteiger partial charge in [-0.1, -0.05) is 18.1 Å². The minimum Gasteiger partial charge on any atom is -0.482 e. The molecule has 1 saturated heterocycles. The number of amides is 1. The van der Waals surface area contributed by atoms with E-state index >= 15 is 0 Å². The Morgan fingerprint density at radius 1 is 1.38 bits per heavy atom. The number of rotatable bonds is 5. The summed E-state index contributed by atoms with van der Waals surface area (Å²) in [5.74, 6) is 2.82. The van der Waals surface area contributed by atoms with Crippen LogP contribution in [0.3, 0.4) is 0 Å². The summed E-state index contributed by atoms with van der Waals surface area (Å²) in [5.41, 5.74) is 2.37. The van der Waals surface area contributed by atoms with Crippen LogP contribution in [0.4, 0.5) is 5.82 Å². The molecule has 1 aliphatic carbocycles. The van der Waals surface area contributed by atoms with Gasteiger partial charge in [0.1, 0.15) is 13.2 Å². The van der Waals surface area contributed by atoms with Crippen LogP contribution in [0.2, 0.25) is 0 Å². The van der Waals surface area contributed by atoms with E-state index in [0.29, 0.717) is 59.4 Å². The van der Waals surface area contributed by atoms with Crippen molar-refractivity contribution in [2.24, 2.45) is 5.92 Å². The Balaban J connectivity index is 1.41. The summed E-state index contributed by atoms with van der Waals surface area (Å²) in [6.07, 6.45) is 12.2. The third-order valence-corrected chi connectivity index (χ3v) is 8.39. The highest BCUT2D eigenvalue weighted by atomic mass is 16.5. The molecule has 1 amide bonds. The number of fused-ring (bicyclic) bond motifs is 3. The van der Waals surface area contributed by atoms with Gasteiger partial charge < -0.3 is 20.1 Å². The minimum atomic E-state index is 0.126. The maximum absolute atomic E-state index is 12.7. The van der Waals surface area contributed by atoms with E-state index in [1.165, 1.54) is 5.57 Å². The summed E-state index contributed by atoms with van der Waals surface area (Å²) in [5, 5.41) is 13.2. The number of hydrogen-bond donors (Lipinski definition) is 2. The number of carbonyl (C=O) groups excluding carboxylic acids is 1. The molecule has 0 radical (unpaired) electrons. The number of carbonyl (C=O) groups is 1. The Morgan fingerprint density at radius 3 is 3.03 bits per heavy atom. The van der Waals surface area contributed by atoms with Gasteiger partial charge in [0, 0.05) is 38.6 Å². The Labute approximate surface area is 202 Å². The summed E-state index contributed by atoms with van der Waals surface area (Å²) < 4.78 is 6.78. The SMILES string of the molecule is CC(=O)[N+]12Cc3ncc(OCC4=CC(C)=CCCN4C)c(n3)N[C@H](CCO)CCCC3CC1C32. The molecule has 0 aromatic carbocycles. The highest BCUT2D eigenvalue weighted by molar-refractivity contribution is 5.69. The maximum Gasteiger partial charge on any atom is 0.311 e. The third-order valence-electron chi connectivity index (χ3n) is 8.39. The van der Waals surface area contributed by atoms with Crippen molar-refractivity contribution in [3.8, 4) is 5.75 Å².